The van der Waals surface area contributed by atoms with E-state index in [0.29, 0.717) is 11.3 Å². The lowest BCUT2D eigenvalue weighted by Crippen LogP contribution is -2.39. The van der Waals surface area contributed by atoms with Gasteiger partial charge < -0.3 is 10.2 Å². The zero-order chi connectivity index (χ0) is 20.5. The van der Waals surface area contributed by atoms with E-state index in [-0.39, 0.29) is 24.2 Å². The van der Waals surface area contributed by atoms with Gasteiger partial charge in [-0.05, 0) is 55.0 Å². The number of rotatable bonds is 2. The molecule has 1 atom stereocenters. The molecule has 146 valence electrons. The summed E-state index contributed by atoms with van der Waals surface area (Å²) in [6, 6.07) is 18.3. The lowest BCUT2D eigenvalue weighted by Gasteiger charge is -2.31. The van der Waals surface area contributed by atoms with E-state index in [4.69, 9.17) is 0 Å². The number of benzene rings is 3. The Morgan fingerprint density at radius 1 is 1.10 bits per heavy atom. The quantitative estimate of drug-likeness (QED) is 0.589. The number of nitrogens with zero attached hydrogens (tertiary/aromatic N) is 1. The largest absolute Gasteiger partial charge is 0.324 e. The molecule has 0 fully saturated rings. The Labute approximate surface area is 176 Å². The van der Waals surface area contributed by atoms with Gasteiger partial charge in [0, 0.05) is 21.3 Å². The van der Waals surface area contributed by atoms with Crippen LogP contribution in [0.1, 0.15) is 33.1 Å². The van der Waals surface area contributed by atoms with Crippen LogP contribution in [0.25, 0.3) is 0 Å². The summed E-state index contributed by atoms with van der Waals surface area (Å²) in [7, 11) is 0. The topological polar surface area (TPSA) is 49.4 Å². The number of hydrogen-bond acceptors (Lipinski definition) is 2. The molecule has 0 radical (unpaired) electrons. The molecule has 3 aromatic rings. The van der Waals surface area contributed by atoms with Crippen LogP contribution in [0, 0.1) is 12.7 Å². The molecule has 1 heterocycles. The first kappa shape index (κ1) is 19.3. The summed E-state index contributed by atoms with van der Waals surface area (Å²) >= 11 is 3.48. The molecule has 4 nitrogen and oxygen atoms in total. The standard InChI is InChI=1S/C23H18BrFN2O2/c1-14-3-2-4-16(11-14)23(29)27-13-21(28)26-20-10-7-17(24)12-19(20)22(27)15-5-8-18(25)9-6-15/h2-12,22H,13H2,1H3,(H,26,28)/t22-/m1/s1. The number of halogens is 2. The van der Waals surface area contributed by atoms with Crippen LogP contribution in [0.4, 0.5) is 10.1 Å². The summed E-state index contributed by atoms with van der Waals surface area (Å²) in [5.74, 6) is -0.896. The zero-order valence-electron chi connectivity index (χ0n) is 15.7. The zero-order valence-corrected chi connectivity index (χ0v) is 17.2. The number of amides is 2. The van der Waals surface area contributed by atoms with E-state index in [0.717, 1.165) is 21.2 Å². The van der Waals surface area contributed by atoms with Gasteiger partial charge in [0.05, 0.1) is 6.04 Å². The maximum atomic E-state index is 13.6. The van der Waals surface area contributed by atoms with E-state index in [1.54, 1.807) is 30.3 Å². The Hall–Kier alpha value is -2.99. The van der Waals surface area contributed by atoms with Crippen molar-refractivity contribution in [2.75, 3.05) is 11.9 Å². The minimum Gasteiger partial charge on any atom is -0.324 e. The fourth-order valence-electron chi connectivity index (χ4n) is 3.61. The molecule has 6 heteroatoms. The highest BCUT2D eigenvalue weighted by Crippen LogP contribution is 2.38. The molecule has 4 rings (SSSR count). The van der Waals surface area contributed by atoms with Crippen LogP contribution in [0.15, 0.2) is 71.2 Å². The minimum absolute atomic E-state index is 0.110. The van der Waals surface area contributed by atoms with Crippen molar-refractivity contribution in [3.05, 3.63) is 99.3 Å². The van der Waals surface area contributed by atoms with Gasteiger partial charge in [0.25, 0.3) is 5.91 Å². The molecule has 1 aliphatic rings. The van der Waals surface area contributed by atoms with Gasteiger partial charge in [-0.2, -0.15) is 0 Å². The van der Waals surface area contributed by atoms with Crippen molar-refractivity contribution in [2.45, 2.75) is 13.0 Å². The highest BCUT2D eigenvalue weighted by molar-refractivity contribution is 9.10. The fraction of sp³-hybridized carbons (Fsp3) is 0.130. The van der Waals surface area contributed by atoms with Gasteiger partial charge in [0.15, 0.2) is 0 Å². The van der Waals surface area contributed by atoms with E-state index >= 15 is 0 Å². The van der Waals surface area contributed by atoms with Gasteiger partial charge in [-0.1, -0.05) is 45.8 Å². The molecule has 3 aromatic carbocycles. The summed E-state index contributed by atoms with van der Waals surface area (Å²) in [6.45, 7) is 1.80. The molecule has 29 heavy (non-hydrogen) atoms. The Kier molecular flexibility index (Phi) is 5.20. The third-order valence-corrected chi connectivity index (χ3v) is 5.41. The number of fused-ring (bicyclic) bond motifs is 1. The Bertz CT molecular complexity index is 1100. The molecule has 0 bridgehead atoms. The second kappa shape index (κ2) is 7.79. The van der Waals surface area contributed by atoms with Crippen molar-refractivity contribution in [2.24, 2.45) is 0 Å². The molecule has 2 amide bonds. The molecule has 1 N–H and O–H groups in total. The van der Waals surface area contributed by atoms with E-state index in [2.05, 4.69) is 21.2 Å². The lowest BCUT2D eigenvalue weighted by atomic mass is 9.95. The third kappa shape index (κ3) is 3.93. The average Bonchev–Trinajstić information content (AvgIpc) is 2.84. The van der Waals surface area contributed by atoms with Crippen molar-refractivity contribution >= 4 is 33.4 Å². The predicted molar refractivity (Wildman–Crippen MR) is 113 cm³/mol. The van der Waals surface area contributed by atoms with E-state index < -0.39 is 6.04 Å². The van der Waals surface area contributed by atoms with Crippen LogP contribution >= 0.6 is 15.9 Å². The SMILES string of the molecule is Cc1cccc(C(=O)N2CC(=O)Nc3ccc(Br)cc3[C@H]2c2ccc(F)cc2)c1. The maximum absolute atomic E-state index is 13.6. The summed E-state index contributed by atoms with van der Waals surface area (Å²) < 4.78 is 14.4. The predicted octanol–water partition coefficient (Wildman–Crippen LogP) is 5.08. The van der Waals surface area contributed by atoms with Crippen molar-refractivity contribution < 1.29 is 14.0 Å². The summed E-state index contributed by atoms with van der Waals surface area (Å²) in [5, 5.41) is 2.88. The Morgan fingerprint density at radius 2 is 1.86 bits per heavy atom. The highest BCUT2D eigenvalue weighted by atomic mass is 79.9. The van der Waals surface area contributed by atoms with Crippen molar-refractivity contribution in [1.82, 2.24) is 4.90 Å². The minimum atomic E-state index is -0.546. The second-order valence-corrected chi connectivity index (χ2v) is 7.95. The lowest BCUT2D eigenvalue weighted by molar-refractivity contribution is -0.117. The summed E-state index contributed by atoms with van der Waals surface area (Å²) in [6.07, 6.45) is 0. The number of anilines is 1. The van der Waals surface area contributed by atoms with E-state index in [1.807, 2.05) is 31.2 Å². The smallest absolute Gasteiger partial charge is 0.255 e. The molecule has 0 aromatic heterocycles. The molecular weight excluding hydrogens is 435 g/mol. The molecule has 0 unspecified atom stereocenters. The molecular formula is C23H18BrFN2O2. The normalized spacial score (nSPS) is 16.0. The van der Waals surface area contributed by atoms with Gasteiger partial charge in [0.2, 0.25) is 5.91 Å². The highest BCUT2D eigenvalue weighted by Gasteiger charge is 2.34. The van der Waals surface area contributed by atoms with Gasteiger partial charge in [-0.15, -0.1) is 0 Å². The second-order valence-electron chi connectivity index (χ2n) is 7.04. The van der Waals surface area contributed by atoms with Crippen LogP contribution in [-0.2, 0) is 4.79 Å². The first-order chi connectivity index (χ1) is 13.9. The third-order valence-electron chi connectivity index (χ3n) is 4.92. The Morgan fingerprint density at radius 3 is 2.59 bits per heavy atom. The van der Waals surface area contributed by atoms with Crippen LogP contribution in [-0.4, -0.2) is 23.3 Å². The first-order valence-corrected chi connectivity index (χ1v) is 9.94. The molecule has 1 aliphatic heterocycles. The number of nitrogens with one attached hydrogen (secondary N) is 1. The number of carbonyl (C=O) groups is 2. The number of carbonyl (C=O) groups excluding carboxylic acids is 2. The van der Waals surface area contributed by atoms with Gasteiger partial charge in [-0.3, -0.25) is 9.59 Å². The average molecular weight is 453 g/mol. The summed E-state index contributed by atoms with van der Waals surface area (Å²) in [5.41, 5.74) is 3.58. The van der Waals surface area contributed by atoms with Crippen molar-refractivity contribution in [3.8, 4) is 0 Å². The molecule has 0 aliphatic carbocycles. The van der Waals surface area contributed by atoms with Gasteiger partial charge >= 0.3 is 0 Å². The van der Waals surface area contributed by atoms with Gasteiger partial charge in [0.1, 0.15) is 12.4 Å². The Balaban J connectivity index is 1.90. The van der Waals surface area contributed by atoms with Crippen molar-refractivity contribution in [1.29, 1.82) is 0 Å². The van der Waals surface area contributed by atoms with Crippen LogP contribution in [0.3, 0.4) is 0 Å². The van der Waals surface area contributed by atoms with Crippen LogP contribution < -0.4 is 5.32 Å². The van der Waals surface area contributed by atoms with E-state index in [9.17, 15) is 14.0 Å². The first-order valence-electron chi connectivity index (χ1n) is 9.15. The molecule has 0 saturated heterocycles. The number of aryl methyl sites for hydroxylation is 1. The van der Waals surface area contributed by atoms with Crippen LogP contribution in [0.2, 0.25) is 0 Å². The summed E-state index contributed by atoms with van der Waals surface area (Å²) in [4.78, 5) is 27.6. The molecule has 0 spiro atoms. The maximum Gasteiger partial charge on any atom is 0.255 e. The van der Waals surface area contributed by atoms with Gasteiger partial charge in [-0.25, -0.2) is 4.39 Å². The van der Waals surface area contributed by atoms with E-state index in [1.165, 1.54) is 17.0 Å². The molecule has 0 saturated carbocycles. The van der Waals surface area contributed by atoms with Crippen LogP contribution in [0.5, 0.6) is 0 Å². The fourth-order valence-corrected chi connectivity index (χ4v) is 3.99. The number of hydrogen-bond donors (Lipinski definition) is 1. The van der Waals surface area contributed by atoms with Crippen molar-refractivity contribution in [3.63, 3.8) is 0 Å². The monoisotopic (exact) mass is 452 g/mol.